The second-order valence-electron chi connectivity index (χ2n) is 4.90. The first kappa shape index (κ1) is 19.2. The third kappa shape index (κ3) is 4.48. The fraction of sp³-hybridized carbons (Fsp3) is 0.286. The minimum atomic E-state index is -4.75. The van der Waals surface area contributed by atoms with E-state index in [1.54, 1.807) is 6.07 Å². The highest BCUT2D eigenvalue weighted by Crippen LogP contribution is 2.38. The molecule has 0 spiro atoms. The van der Waals surface area contributed by atoms with Crippen molar-refractivity contribution in [3.8, 4) is 0 Å². The summed E-state index contributed by atoms with van der Waals surface area (Å²) in [6, 6.07) is 7.59. The quantitative estimate of drug-likeness (QED) is 0.782. The van der Waals surface area contributed by atoms with Crippen molar-refractivity contribution in [3.63, 3.8) is 0 Å². The zero-order chi connectivity index (χ0) is 18.0. The van der Waals surface area contributed by atoms with Crippen LogP contribution in [-0.4, -0.2) is 32.3 Å². The van der Waals surface area contributed by atoms with Crippen LogP contribution < -0.4 is 4.72 Å². The van der Waals surface area contributed by atoms with Gasteiger partial charge < -0.3 is 5.11 Å². The topological polar surface area (TPSA) is 66.4 Å². The Bertz CT molecular complexity index is 778. The van der Waals surface area contributed by atoms with Crippen LogP contribution in [0.5, 0.6) is 0 Å². The highest BCUT2D eigenvalue weighted by atomic mass is 35.5. The Hall–Kier alpha value is -1.13. The number of hydrogen-bond donors (Lipinski definition) is 2. The van der Waals surface area contributed by atoms with Gasteiger partial charge in [0.15, 0.2) is 0 Å². The Labute approximate surface area is 145 Å². The van der Waals surface area contributed by atoms with Crippen molar-refractivity contribution in [1.82, 2.24) is 4.72 Å². The molecule has 0 saturated carbocycles. The van der Waals surface area contributed by atoms with E-state index >= 15 is 0 Å². The lowest BCUT2D eigenvalue weighted by molar-refractivity contribution is -0.158. The van der Waals surface area contributed by atoms with Crippen LogP contribution in [0.25, 0.3) is 0 Å². The van der Waals surface area contributed by atoms with E-state index in [1.807, 2.05) is 4.72 Å². The van der Waals surface area contributed by atoms with Crippen molar-refractivity contribution in [1.29, 1.82) is 0 Å². The standard InChI is InChI=1S/C14H13ClF3NO3S2/c15-11-6-7-12(23-11)24(21,22)19-10(8-20)13(14(16,17)18)9-4-2-1-3-5-9/h1-7,10,13,19-20H,8H2/t10-,13+/m0/s1. The minimum Gasteiger partial charge on any atom is -0.395 e. The maximum absolute atomic E-state index is 13.5. The van der Waals surface area contributed by atoms with Crippen LogP contribution in [0.4, 0.5) is 13.2 Å². The number of thiophene rings is 1. The van der Waals surface area contributed by atoms with E-state index < -0.39 is 34.8 Å². The average molecular weight is 400 g/mol. The summed E-state index contributed by atoms with van der Waals surface area (Å²) >= 11 is 6.38. The molecule has 0 amide bonds. The minimum absolute atomic E-state index is 0.143. The van der Waals surface area contributed by atoms with Crippen LogP contribution in [0.1, 0.15) is 11.5 Å². The molecule has 0 bridgehead atoms. The number of aliphatic hydroxyl groups excluding tert-OH is 1. The Morgan fingerprint density at radius 2 is 1.79 bits per heavy atom. The predicted molar refractivity (Wildman–Crippen MR) is 85.8 cm³/mol. The molecule has 10 heteroatoms. The van der Waals surface area contributed by atoms with Crippen molar-refractivity contribution in [2.75, 3.05) is 6.61 Å². The summed E-state index contributed by atoms with van der Waals surface area (Å²) in [5, 5.41) is 9.39. The molecule has 2 rings (SSSR count). The first-order valence-corrected chi connectivity index (χ1v) is 9.33. The van der Waals surface area contributed by atoms with Crippen LogP contribution in [0.2, 0.25) is 4.34 Å². The largest absolute Gasteiger partial charge is 0.397 e. The third-order valence-corrected chi connectivity index (χ3v) is 6.44. The van der Waals surface area contributed by atoms with E-state index in [-0.39, 0.29) is 14.1 Å². The van der Waals surface area contributed by atoms with Crippen LogP contribution >= 0.6 is 22.9 Å². The van der Waals surface area contributed by atoms with Gasteiger partial charge in [-0.1, -0.05) is 41.9 Å². The number of benzene rings is 1. The molecule has 0 fully saturated rings. The van der Waals surface area contributed by atoms with Gasteiger partial charge in [-0.2, -0.15) is 13.2 Å². The molecular formula is C14H13ClF3NO3S2. The molecule has 0 aliphatic carbocycles. The van der Waals surface area contributed by atoms with Gasteiger partial charge in [0.2, 0.25) is 10.0 Å². The van der Waals surface area contributed by atoms with Gasteiger partial charge in [0, 0.05) is 0 Å². The van der Waals surface area contributed by atoms with Crippen molar-refractivity contribution in [2.24, 2.45) is 0 Å². The SMILES string of the molecule is O=S(=O)(N[C@@H](CO)[C@@H](c1ccccc1)C(F)(F)F)c1ccc(Cl)s1. The molecule has 1 aromatic carbocycles. The monoisotopic (exact) mass is 399 g/mol. The summed E-state index contributed by atoms with van der Waals surface area (Å²) in [6.45, 7) is -1.02. The first-order chi connectivity index (χ1) is 11.1. The van der Waals surface area contributed by atoms with Gasteiger partial charge in [0.1, 0.15) is 4.21 Å². The predicted octanol–water partition coefficient (Wildman–Crippen LogP) is 3.39. The maximum Gasteiger partial charge on any atom is 0.397 e. The van der Waals surface area contributed by atoms with Gasteiger partial charge in [0.25, 0.3) is 0 Å². The molecule has 2 atom stereocenters. The van der Waals surface area contributed by atoms with Crippen LogP contribution in [0, 0.1) is 0 Å². The fourth-order valence-corrected chi connectivity index (χ4v) is 4.96. The summed E-state index contributed by atoms with van der Waals surface area (Å²) in [5.41, 5.74) is -0.143. The Kier molecular flexibility index (Phi) is 5.92. The molecule has 4 nitrogen and oxygen atoms in total. The normalized spacial score (nSPS) is 15.2. The highest BCUT2D eigenvalue weighted by Gasteiger charge is 2.46. The Balaban J connectivity index is 2.37. The number of hydrogen-bond acceptors (Lipinski definition) is 4. The van der Waals surface area contributed by atoms with Crippen LogP contribution in [0.15, 0.2) is 46.7 Å². The molecule has 0 saturated heterocycles. The summed E-state index contributed by atoms with van der Waals surface area (Å²) < 4.78 is 66.8. The smallest absolute Gasteiger partial charge is 0.395 e. The zero-order valence-electron chi connectivity index (χ0n) is 12.0. The van der Waals surface area contributed by atoms with E-state index in [4.69, 9.17) is 11.6 Å². The lowest BCUT2D eigenvalue weighted by Gasteiger charge is -2.28. The maximum atomic E-state index is 13.5. The lowest BCUT2D eigenvalue weighted by atomic mass is 9.92. The molecule has 0 unspecified atom stereocenters. The molecule has 2 N–H and O–H groups in total. The molecule has 2 aromatic rings. The van der Waals surface area contributed by atoms with Gasteiger partial charge in [0.05, 0.1) is 22.9 Å². The molecule has 24 heavy (non-hydrogen) atoms. The van der Waals surface area contributed by atoms with Crippen LogP contribution in [-0.2, 0) is 10.0 Å². The summed E-state index contributed by atoms with van der Waals surface area (Å²) in [5.74, 6) is -2.19. The van der Waals surface area contributed by atoms with E-state index in [2.05, 4.69) is 0 Å². The van der Waals surface area contributed by atoms with Crippen molar-refractivity contribution >= 4 is 33.0 Å². The molecule has 132 valence electrons. The number of alkyl halides is 3. The van der Waals surface area contributed by atoms with Gasteiger partial charge >= 0.3 is 6.18 Å². The van der Waals surface area contributed by atoms with Crippen molar-refractivity contribution < 1.29 is 26.7 Å². The first-order valence-electron chi connectivity index (χ1n) is 6.65. The number of aliphatic hydroxyl groups is 1. The molecule has 1 heterocycles. The van der Waals surface area contributed by atoms with Gasteiger partial charge in [-0.25, -0.2) is 13.1 Å². The molecule has 0 aliphatic heterocycles. The lowest BCUT2D eigenvalue weighted by Crippen LogP contribution is -2.46. The van der Waals surface area contributed by atoms with Gasteiger partial charge in [-0.3, -0.25) is 0 Å². The molecule has 1 aromatic heterocycles. The third-order valence-electron chi connectivity index (χ3n) is 3.23. The highest BCUT2D eigenvalue weighted by molar-refractivity contribution is 7.91. The number of halogens is 4. The average Bonchev–Trinajstić information content (AvgIpc) is 2.93. The number of rotatable bonds is 6. The molecule has 0 radical (unpaired) electrons. The summed E-state index contributed by atoms with van der Waals surface area (Å²) in [6.07, 6.45) is -4.75. The fourth-order valence-electron chi connectivity index (χ4n) is 2.22. The van der Waals surface area contributed by atoms with Gasteiger partial charge in [-0.05, 0) is 17.7 Å². The summed E-state index contributed by atoms with van der Waals surface area (Å²) in [4.78, 5) is 0. The molecular weight excluding hydrogens is 387 g/mol. The van der Waals surface area contributed by atoms with E-state index in [0.29, 0.717) is 11.3 Å². The second kappa shape index (κ2) is 7.40. The van der Waals surface area contributed by atoms with E-state index in [9.17, 15) is 26.7 Å². The zero-order valence-corrected chi connectivity index (χ0v) is 14.4. The van der Waals surface area contributed by atoms with E-state index in [0.717, 1.165) is 0 Å². The van der Waals surface area contributed by atoms with Crippen molar-refractivity contribution in [2.45, 2.75) is 22.3 Å². The van der Waals surface area contributed by atoms with Gasteiger partial charge in [-0.15, -0.1) is 11.3 Å². The Morgan fingerprint density at radius 3 is 2.25 bits per heavy atom. The Morgan fingerprint density at radius 1 is 1.17 bits per heavy atom. The van der Waals surface area contributed by atoms with Crippen molar-refractivity contribution in [3.05, 3.63) is 52.4 Å². The number of nitrogens with one attached hydrogen (secondary N) is 1. The number of sulfonamides is 1. The second-order valence-corrected chi connectivity index (χ2v) is 8.55. The van der Waals surface area contributed by atoms with Crippen LogP contribution in [0.3, 0.4) is 0 Å². The summed E-state index contributed by atoms with van der Waals surface area (Å²) in [7, 11) is -4.24. The van der Waals surface area contributed by atoms with E-state index in [1.165, 1.54) is 36.4 Å². The molecule has 0 aliphatic rings.